The minimum atomic E-state index is -3.19. The van der Waals surface area contributed by atoms with Gasteiger partial charge in [0, 0.05) is 43.0 Å². The lowest BCUT2D eigenvalue weighted by Crippen LogP contribution is -2.48. The molecule has 0 bridgehead atoms. The van der Waals surface area contributed by atoms with Crippen molar-refractivity contribution in [3.8, 4) is 0 Å². The zero-order valence-electron chi connectivity index (χ0n) is 15.4. The summed E-state index contributed by atoms with van der Waals surface area (Å²) < 4.78 is 24.9. The number of thiophene rings is 1. The Bertz CT molecular complexity index is 697. The fourth-order valence-corrected chi connectivity index (χ4v) is 5.97. The van der Waals surface area contributed by atoms with Crippen LogP contribution in [0.25, 0.3) is 0 Å². The summed E-state index contributed by atoms with van der Waals surface area (Å²) in [6.07, 6.45) is 7.84. The molecule has 0 radical (unpaired) electrons. The van der Waals surface area contributed by atoms with Gasteiger partial charge in [-0.05, 0) is 30.7 Å². The Labute approximate surface area is 160 Å². The molecule has 26 heavy (non-hydrogen) atoms. The Kier molecular flexibility index (Phi) is 6.25. The second kappa shape index (κ2) is 8.27. The fourth-order valence-electron chi connectivity index (χ4n) is 4.10. The molecule has 2 amide bonds. The number of rotatable bonds is 4. The molecule has 1 aromatic heterocycles. The summed E-state index contributed by atoms with van der Waals surface area (Å²) in [5.74, 6) is 0. The molecule has 1 N–H and O–H groups in total. The minimum absolute atomic E-state index is 0.0622. The third kappa shape index (κ3) is 4.58. The number of hydrogen-bond donors (Lipinski definition) is 1. The number of hydrogen-bond acceptors (Lipinski definition) is 4. The predicted octanol–water partition coefficient (Wildman–Crippen LogP) is 2.63. The first-order valence-electron chi connectivity index (χ1n) is 9.43. The molecule has 1 aromatic rings. The van der Waals surface area contributed by atoms with Crippen LogP contribution in [0.3, 0.4) is 0 Å². The molecule has 1 saturated heterocycles. The summed E-state index contributed by atoms with van der Waals surface area (Å²) in [6.45, 7) is 2.58. The van der Waals surface area contributed by atoms with Crippen molar-refractivity contribution in [2.75, 3.05) is 39.0 Å². The van der Waals surface area contributed by atoms with Gasteiger partial charge in [-0.15, -0.1) is 11.3 Å². The van der Waals surface area contributed by atoms with E-state index in [1.165, 1.54) is 34.7 Å². The van der Waals surface area contributed by atoms with Crippen molar-refractivity contribution in [1.82, 2.24) is 14.5 Å². The summed E-state index contributed by atoms with van der Waals surface area (Å²) in [5, 5.41) is 5.27. The van der Waals surface area contributed by atoms with Gasteiger partial charge in [0.2, 0.25) is 10.0 Å². The summed E-state index contributed by atoms with van der Waals surface area (Å²) in [4.78, 5) is 15.8. The molecule has 0 spiro atoms. The maximum atomic E-state index is 12.7. The first kappa shape index (κ1) is 19.6. The number of amides is 2. The second-order valence-corrected chi connectivity index (χ2v) is 10.4. The molecule has 1 aliphatic carbocycles. The molecule has 0 atom stereocenters. The van der Waals surface area contributed by atoms with Gasteiger partial charge < -0.3 is 10.2 Å². The van der Waals surface area contributed by atoms with Crippen LogP contribution >= 0.6 is 11.3 Å². The highest BCUT2D eigenvalue weighted by atomic mass is 32.2. The van der Waals surface area contributed by atoms with E-state index in [2.05, 4.69) is 22.8 Å². The molecule has 2 fully saturated rings. The largest absolute Gasteiger partial charge is 0.337 e. The summed E-state index contributed by atoms with van der Waals surface area (Å²) in [6, 6.07) is 4.21. The van der Waals surface area contributed by atoms with Gasteiger partial charge in [-0.25, -0.2) is 17.5 Å². The van der Waals surface area contributed by atoms with E-state index in [0.717, 1.165) is 12.8 Å². The van der Waals surface area contributed by atoms with E-state index < -0.39 is 10.0 Å². The predicted molar refractivity (Wildman–Crippen MR) is 105 cm³/mol. The van der Waals surface area contributed by atoms with Gasteiger partial charge >= 0.3 is 6.03 Å². The molecule has 3 rings (SSSR count). The van der Waals surface area contributed by atoms with Crippen LogP contribution in [0.5, 0.6) is 0 Å². The van der Waals surface area contributed by atoms with E-state index in [4.69, 9.17) is 0 Å². The van der Waals surface area contributed by atoms with Crippen molar-refractivity contribution in [3.63, 3.8) is 0 Å². The second-order valence-electron chi connectivity index (χ2n) is 7.48. The molecule has 1 aliphatic heterocycles. The smallest absolute Gasteiger partial charge is 0.317 e. The molecule has 8 heteroatoms. The molecule has 146 valence electrons. The lowest BCUT2D eigenvalue weighted by molar-refractivity contribution is 0.193. The average molecular weight is 400 g/mol. The monoisotopic (exact) mass is 399 g/mol. The summed E-state index contributed by atoms with van der Waals surface area (Å²) >= 11 is 1.78. The Morgan fingerprint density at radius 2 is 1.92 bits per heavy atom. The Balaban J connectivity index is 1.60. The SMILES string of the molecule is CS(=O)(=O)N1CCCN(C(=O)NCC2(c3cccs3)CCCCC2)CC1. The lowest BCUT2D eigenvalue weighted by atomic mass is 9.73. The third-order valence-electron chi connectivity index (χ3n) is 5.64. The molecular weight excluding hydrogens is 370 g/mol. The number of carbonyl (C=O) groups excluding carboxylic acids is 1. The molecule has 6 nitrogen and oxygen atoms in total. The maximum absolute atomic E-state index is 12.7. The zero-order chi connectivity index (χ0) is 18.6. The van der Waals surface area contributed by atoms with Crippen LogP contribution in [0.15, 0.2) is 17.5 Å². The normalized spacial score (nSPS) is 22.0. The maximum Gasteiger partial charge on any atom is 0.317 e. The first-order valence-corrected chi connectivity index (χ1v) is 12.2. The van der Waals surface area contributed by atoms with Gasteiger partial charge in [0.1, 0.15) is 0 Å². The minimum Gasteiger partial charge on any atom is -0.337 e. The Morgan fingerprint density at radius 3 is 2.58 bits per heavy atom. The van der Waals surface area contributed by atoms with Crippen LogP contribution in [0.4, 0.5) is 4.79 Å². The van der Waals surface area contributed by atoms with Gasteiger partial charge in [0.25, 0.3) is 0 Å². The quantitative estimate of drug-likeness (QED) is 0.846. The van der Waals surface area contributed by atoms with Gasteiger partial charge in [-0.2, -0.15) is 0 Å². The number of sulfonamides is 1. The highest BCUT2D eigenvalue weighted by Crippen LogP contribution is 2.41. The van der Waals surface area contributed by atoms with Gasteiger partial charge in [-0.1, -0.05) is 25.3 Å². The third-order valence-corrected chi connectivity index (χ3v) is 8.06. The zero-order valence-corrected chi connectivity index (χ0v) is 17.1. The highest BCUT2D eigenvalue weighted by Gasteiger charge is 2.35. The van der Waals surface area contributed by atoms with E-state index in [1.807, 2.05) is 0 Å². The van der Waals surface area contributed by atoms with Crippen LogP contribution in [-0.2, 0) is 15.4 Å². The van der Waals surface area contributed by atoms with Crippen LogP contribution in [0.2, 0.25) is 0 Å². The van der Waals surface area contributed by atoms with Crippen LogP contribution in [0.1, 0.15) is 43.4 Å². The van der Waals surface area contributed by atoms with Gasteiger partial charge in [0.05, 0.1) is 6.26 Å². The van der Waals surface area contributed by atoms with E-state index in [9.17, 15) is 13.2 Å². The fraction of sp³-hybridized carbons (Fsp3) is 0.722. The molecular formula is C18H29N3O3S2. The van der Waals surface area contributed by atoms with Crippen LogP contribution in [0, 0.1) is 0 Å². The van der Waals surface area contributed by atoms with Crippen molar-refractivity contribution in [2.24, 2.45) is 0 Å². The average Bonchev–Trinajstić information content (AvgIpc) is 3.04. The Morgan fingerprint density at radius 1 is 1.15 bits per heavy atom. The van der Waals surface area contributed by atoms with Crippen molar-refractivity contribution in [3.05, 3.63) is 22.4 Å². The Hall–Kier alpha value is -1.12. The first-order chi connectivity index (χ1) is 12.4. The molecule has 0 aromatic carbocycles. The van der Waals surface area contributed by atoms with Gasteiger partial charge in [-0.3, -0.25) is 0 Å². The van der Waals surface area contributed by atoms with E-state index in [0.29, 0.717) is 39.1 Å². The van der Waals surface area contributed by atoms with E-state index in [-0.39, 0.29) is 11.4 Å². The standard InChI is InChI=1S/C18H29N3O3S2/c1-26(23,24)21-11-6-10-20(12-13-21)17(22)19-15-18(8-3-2-4-9-18)16-7-5-14-25-16/h5,7,14H,2-4,6,8-13,15H2,1H3,(H,19,22). The van der Waals surface area contributed by atoms with Crippen molar-refractivity contribution < 1.29 is 13.2 Å². The topological polar surface area (TPSA) is 69.7 Å². The molecule has 2 heterocycles. The number of carbonyl (C=O) groups is 1. The highest BCUT2D eigenvalue weighted by molar-refractivity contribution is 7.88. The number of nitrogens with zero attached hydrogens (tertiary/aromatic N) is 2. The molecule has 0 unspecified atom stereocenters. The number of urea groups is 1. The summed E-state index contributed by atoms with van der Waals surface area (Å²) in [5.41, 5.74) is 0.0622. The van der Waals surface area contributed by atoms with Crippen molar-refractivity contribution in [1.29, 1.82) is 0 Å². The number of nitrogens with one attached hydrogen (secondary N) is 1. The summed E-state index contributed by atoms with van der Waals surface area (Å²) in [7, 11) is -3.19. The lowest BCUT2D eigenvalue weighted by Gasteiger charge is -2.37. The van der Waals surface area contributed by atoms with Crippen LogP contribution in [-0.4, -0.2) is 62.6 Å². The van der Waals surface area contributed by atoms with Crippen molar-refractivity contribution >= 4 is 27.4 Å². The molecule has 1 saturated carbocycles. The molecule has 2 aliphatic rings. The van der Waals surface area contributed by atoms with E-state index >= 15 is 0 Å². The van der Waals surface area contributed by atoms with E-state index in [1.54, 1.807) is 16.2 Å². The van der Waals surface area contributed by atoms with Crippen molar-refractivity contribution in [2.45, 2.75) is 43.9 Å². The van der Waals surface area contributed by atoms with Gasteiger partial charge in [0.15, 0.2) is 0 Å². The van der Waals surface area contributed by atoms with Crippen LogP contribution < -0.4 is 5.32 Å².